The van der Waals surface area contributed by atoms with Gasteiger partial charge in [-0.2, -0.15) is 0 Å². The number of benzene rings is 1. The van der Waals surface area contributed by atoms with Gasteiger partial charge in [-0.05, 0) is 36.5 Å². The zero-order chi connectivity index (χ0) is 12.1. The monoisotopic (exact) mass is 228 g/mol. The van der Waals surface area contributed by atoms with Gasteiger partial charge >= 0.3 is 0 Å². The number of nitrogens with one attached hydrogen (secondary N) is 1. The van der Waals surface area contributed by atoms with Crippen LogP contribution in [-0.4, -0.2) is 0 Å². The first kappa shape index (κ1) is 13.1. The molecule has 0 saturated carbocycles. The predicted molar refractivity (Wildman–Crippen MR) is 60.5 cm³/mol. The lowest BCUT2D eigenvalue weighted by atomic mass is 9.98. The molecule has 0 aliphatic heterocycles. The summed E-state index contributed by atoms with van der Waals surface area (Å²) in [6.45, 7) is 4.19. The standard InChI is InChI=1S/C12H18F2N2/c1-8(2)3-4-12(16-15)9-5-10(13)7-11(14)6-9/h5-8,12,16H,3-4,15H2,1-2H3. The summed E-state index contributed by atoms with van der Waals surface area (Å²) < 4.78 is 26.0. The molecule has 90 valence electrons. The largest absolute Gasteiger partial charge is 0.271 e. The van der Waals surface area contributed by atoms with Crippen molar-refractivity contribution in [1.82, 2.24) is 5.43 Å². The summed E-state index contributed by atoms with van der Waals surface area (Å²) in [5.74, 6) is 4.79. The Morgan fingerprint density at radius 3 is 2.12 bits per heavy atom. The summed E-state index contributed by atoms with van der Waals surface area (Å²) in [5, 5.41) is 0. The van der Waals surface area contributed by atoms with Crippen LogP contribution in [-0.2, 0) is 0 Å². The maximum absolute atomic E-state index is 13.0. The Morgan fingerprint density at radius 2 is 1.69 bits per heavy atom. The van der Waals surface area contributed by atoms with Crippen LogP contribution in [0.2, 0.25) is 0 Å². The van der Waals surface area contributed by atoms with Crippen molar-refractivity contribution in [3.8, 4) is 0 Å². The van der Waals surface area contributed by atoms with E-state index in [1.54, 1.807) is 0 Å². The lowest BCUT2D eigenvalue weighted by molar-refractivity contribution is 0.444. The van der Waals surface area contributed by atoms with Crippen LogP contribution >= 0.6 is 0 Å². The zero-order valence-electron chi connectivity index (χ0n) is 9.63. The molecule has 0 radical (unpaired) electrons. The zero-order valence-corrected chi connectivity index (χ0v) is 9.63. The molecule has 0 heterocycles. The minimum Gasteiger partial charge on any atom is -0.271 e. The molecule has 0 amide bonds. The first-order chi connectivity index (χ1) is 7.52. The van der Waals surface area contributed by atoms with E-state index in [1.165, 1.54) is 12.1 Å². The molecule has 0 aromatic heterocycles. The summed E-state index contributed by atoms with van der Waals surface area (Å²) >= 11 is 0. The van der Waals surface area contributed by atoms with Gasteiger partial charge in [0.25, 0.3) is 0 Å². The van der Waals surface area contributed by atoms with E-state index in [1.807, 2.05) is 0 Å². The SMILES string of the molecule is CC(C)CCC(NN)c1cc(F)cc(F)c1. The fourth-order valence-electron chi connectivity index (χ4n) is 1.62. The molecule has 0 aliphatic rings. The summed E-state index contributed by atoms with van der Waals surface area (Å²) in [6, 6.07) is 3.29. The van der Waals surface area contributed by atoms with Gasteiger partial charge in [0, 0.05) is 12.1 Å². The molecule has 0 spiro atoms. The average Bonchev–Trinajstić information content (AvgIpc) is 2.16. The Bertz CT molecular complexity index is 320. The van der Waals surface area contributed by atoms with Crippen LogP contribution in [0.4, 0.5) is 8.78 Å². The third kappa shape index (κ3) is 3.87. The third-order valence-corrected chi connectivity index (χ3v) is 2.52. The van der Waals surface area contributed by atoms with Gasteiger partial charge in [-0.1, -0.05) is 13.8 Å². The Hall–Kier alpha value is -1.00. The Labute approximate surface area is 94.8 Å². The van der Waals surface area contributed by atoms with E-state index in [9.17, 15) is 8.78 Å². The van der Waals surface area contributed by atoms with Crippen molar-refractivity contribution >= 4 is 0 Å². The molecule has 16 heavy (non-hydrogen) atoms. The molecule has 1 aromatic carbocycles. The van der Waals surface area contributed by atoms with E-state index in [0.717, 1.165) is 18.9 Å². The van der Waals surface area contributed by atoms with E-state index >= 15 is 0 Å². The number of halogens is 2. The minimum atomic E-state index is -0.570. The highest BCUT2D eigenvalue weighted by atomic mass is 19.1. The van der Waals surface area contributed by atoms with Crippen LogP contribution < -0.4 is 11.3 Å². The molecule has 3 N–H and O–H groups in total. The second kappa shape index (κ2) is 5.92. The molecule has 0 aliphatic carbocycles. The fraction of sp³-hybridized carbons (Fsp3) is 0.500. The van der Waals surface area contributed by atoms with Crippen molar-refractivity contribution in [3.63, 3.8) is 0 Å². The smallest absolute Gasteiger partial charge is 0.126 e. The molecule has 0 bridgehead atoms. The van der Waals surface area contributed by atoms with Crippen molar-refractivity contribution in [3.05, 3.63) is 35.4 Å². The molecule has 0 saturated heterocycles. The quantitative estimate of drug-likeness (QED) is 0.600. The first-order valence-electron chi connectivity index (χ1n) is 5.45. The maximum atomic E-state index is 13.0. The van der Waals surface area contributed by atoms with Gasteiger partial charge in [-0.3, -0.25) is 11.3 Å². The van der Waals surface area contributed by atoms with E-state index < -0.39 is 11.6 Å². The lowest BCUT2D eigenvalue weighted by Crippen LogP contribution is -2.28. The van der Waals surface area contributed by atoms with E-state index in [-0.39, 0.29) is 6.04 Å². The lowest BCUT2D eigenvalue weighted by Gasteiger charge is -2.17. The molecule has 2 nitrogen and oxygen atoms in total. The fourth-order valence-corrected chi connectivity index (χ4v) is 1.62. The van der Waals surface area contributed by atoms with Crippen LogP contribution in [0.3, 0.4) is 0 Å². The van der Waals surface area contributed by atoms with Crippen molar-refractivity contribution in [2.45, 2.75) is 32.7 Å². The van der Waals surface area contributed by atoms with E-state index in [2.05, 4.69) is 19.3 Å². The normalized spacial score (nSPS) is 13.1. The van der Waals surface area contributed by atoms with Gasteiger partial charge in [0.2, 0.25) is 0 Å². The summed E-state index contributed by atoms with van der Waals surface area (Å²) in [6.07, 6.45) is 1.71. The molecule has 1 aromatic rings. The number of hydrogen-bond donors (Lipinski definition) is 2. The van der Waals surface area contributed by atoms with Crippen LogP contribution in [0.15, 0.2) is 18.2 Å². The Morgan fingerprint density at radius 1 is 1.12 bits per heavy atom. The molecule has 4 heteroatoms. The van der Waals surface area contributed by atoms with Crippen molar-refractivity contribution in [1.29, 1.82) is 0 Å². The first-order valence-corrected chi connectivity index (χ1v) is 5.45. The van der Waals surface area contributed by atoms with Crippen LogP contribution in [0.1, 0.15) is 38.3 Å². The van der Waals surface area contributed by atoms with Gasteiger partial charge < -0.3 is 0 Å². The number of nitrogens with two attached hydrogens (primary N) is 1. The number of hydrogen-bond acceptors (Lipinski definition) is 2. The highest BCUT2D eigenvalue weighted by molar-refractivity contribution is 5.21. The summed E-state index contributed by atoms with van der Waals surface area (Å²) in [4.78, 5) is 0. The number of hydrazine groups is 1. The average molecular weight is 228 g/mol. The van der Waals surface area contributed by atoms with Gasteiger partial charge in [0.05, 0.1) is 0 Å². The number of rotatable bonds is 5. The maximum Gasteiger partial charge on any atom is 0.126 e. The second-order valence-electron chi connectivity index (χ2n) is 4.39. The highest BCUT2D eigenvalue weighted by Gasteiger charge is 2.12. The second-order valence-corrected chi connectivity index (χ2v) is 4.39. The highest BCUT2D eigenvalue weighted by Crippen LogP contribution is 2.21. The summed E-state index contributed by atoms with van der Waals surface area (Å²) in [7, 11) is 0. The van der Waals surface area contributed by atoms with Crippen LogP contribution in [0.5, 0.6) is 0 Å². The van der Waals surface area contributed by atoms with Gasteiger partial charge in [0.1, 0.15) is 11.6 Å². The molecule has 0 fully saturated rings. The van der Waals surface area contributed by atoms with Crippen LogP contribution in [0.25, 0.3) is 0 Å². The van der Waals surface area contributed by atoms with E-state index in [4.69, 9.17) is 5.84 Å². The van der Waals surface area contributed by atoms with Crippen molar-refractivity contribution < 1.29 is 8.78 Å². The van der Waals surface area contributed by atoms with Crippen molar-refractivity contribution in [2.24, 2.45) is 11.8 Å². The Balaban J connectivity index is 2.78. The van der Waals surface area contributed by atoms with Crippen LogP contribution in [0, 0.1) is 17.6 Å². The van der Waals surface area contributed by atoms with E-state index in [0.29, 0.717) is 11.5 Å². The molecular weight excluding hydrogens is 210 g/mol. The molecular formula is C12H18F2N2. The molecule has 1 rings (SSSR count). The molecule has 1 atom stereocenters. The predicted octanol–water partition coefficient (Wildman–Crippen LogP) is 2.91. The summed E-state index contributed by atoms with van der Waals surface area (Å²) in [5.41, 5.74) is 3.15. The minimum absolute atomic E-state index is 0.201. The van der Waals surface area contributed by atoms with Crippen molar-refractivity contribution in [2.75, 3.05) is 0 Å². The van der Waals surface area contributed by atoms with Gasteiger partial charge in [0.15, 0.2) is 0 Å². The topological polar surface area (TPSA) is 38.0 Å². The van der Waals surface area contributed by atoms with Gasteiger partial charge in [-0.25, -0.2) is 8.78 Å². The molecule has 1 unspecified atom stereocenters. The Kier molecular flexibility index (Phi) is 4.83. The van der Waals surface area contributed by atoms with Gasteiger partial charge in [-0.15, -0.1) is 0 Å². The third-order valence-electron chi connectivity index (χ3n) is 2.52.